The number of aromatic nitrogens is 7. The molecule has 4 atom stereocenters. The quantitative estimate of drug-likeness (QED) is 0.365. The first-order valence-electron chi connectivity index (χ1n) is 9.19. The highest BCUT2D eigenvalue weighted by Gasteiger charge is 2.47. The molecule has 3 aromatic heterocycles. The maximum atomic E-state index is 12.8. The van der Waals surface area contributed by atoms with Crippen LogP contribution in [0.1, 0.15) is 11.9 Å². The molecule has 166 valence electrons. The molecule has 1 amide bonds. The van der Waals surface area contributed by atoms with E-state index in [1.807, 2.05) is 0 Å². The lowest BCUT2D eigenvalue weighted by atomic mass is 10.1. The molecule has 0 aromatic carbocycles. The third-order valence-corrected chi connectivity index (χ3v) is 4.66. The van der Waals surface area contributed by atoms with Crippen LogP contribution in [0.5, 0.6) is 0 Å². The number of likely N-dealkylation sites (N-methyl/N-ethyl adjacent to an activating group) is 1. The first-order valence-corrected chi connectivity index (χ1v) is 9.19. The summed E-state index contributed by atoms with van der Waals surface area (Å²) in [6, 6.07) is 0. The molecule has 4 rings (SSSR count). The average Bonchev–Trinajstić information content (AvgIpc) is 3.44. The monoisotopic (exact) mass is 439 g/mol. The van der Waals surface area contributed by atoms with Crippen molar-refractivity contribution in [1.29, 1.82) is 0 Å². The smallest absolute Gasteiger partial charge is 0.256 e. The zero-order chi connectivity index (χ0) is 22.3. The van der Waals surface area contributed by atoms with Crippen molar-refractivity contribution in [3.63, 3.8) is 0 Å². The average molecular weight is 439 g/mol. The number of hydrogen-bond acceptors (Lipinski definition) is 10. The zero-order valence-corrected chi connectivity index (χ0v) is 16.3. The molecule has 31 heavy (non-hydrogen) atoms. The summed E-state index contributed by atoms with van der Waals surface area (Å²) in [5, 5.41) is 33.2. The number of fused-ring (bicyclic) bond motifs is 1. The highest BCUT2D eigenvalue weighted by molar-refractivity contribution is 5.84. The summed E-state index contributed by atoms with van der Waals surface area (Å²) in [5.41, 5.74) is 0.795. The first-order chi connectivity index (χ1) is 14.8. The van der Waals surface area contributed by atoms with E-state index in [1.165, 1.54) is 28.8 Å². The number of carbonyl (C=O) groups is 1. The van der Waals surface area contributed by atoms with Crippen LogP contribution in [0.2, 0.25) is 0 Å². The van der Waals surface area contributed by atoms with Crippen molar-refractivity contribution in [3.8, 4) is 5.95 Å². The molecule has 0 saturated carbocycles. The van der Waals surface area contributed by atoms with Gasteiger partial charge in [-0.25, -0.2) is 13.8 Å². The van der Waals surface area contributed by atoms with Crippen molar-refractivity contribution < 1.29 is 28.5 Å². The molecule has 0 spiro atoms. The van der Waals surface area contributed by atoms with Crippen LogP contribution in [0.3, 0.4) is 0 Å². The lowest BCUT2D eigenvalue weighted by molar-refractivity contribution is -0.137. The number of aryl methyl sites for hydroxylation is 1. The third-order valence-electron chi connectivity index (χ3n) is 4.66. The van der Waals surface area contributed by atoms with Crippen molar-refractivity contribution in [2.24, 2.45) is 0 Å². The minimum atomic E-state index is -2.65. The molecule has 3 aromatic rings. The van der Waals surface area contributed by atoms with Gasteiger partial charge in [0.05, 0.1) is 24.8 Å². The van der Waals surface area contributed by atoms with E-state index in [-0.39, 0.29) is 22.9 Å². The Kier molecular flexibility index (Phi) is 5.47. The molecule has 1 aliphatic heterocycles. The standard InChI is InChI=1S/C16H19F2N9O4/c1-6-4-27(25-24-6)16-22-12(20-3-7(17)18)8-13(23-16)26(5-21-8)15-10(29)9(28)11(31-15)14(30)19-2/h4-5,7,9-11,15,28-29H,3H2,1-2H3,(H,19,30)(H,20,22,23)/t9-,10+,11-,15+/m0/s1. The Morgan fingerprint density at radius 3 is 2.74 bits per heavy atom. The predicted octanol–water partition coefficient (Wildman–Crippen LogP) is -1.24. The Hall–Kier alpha value is -3.30. The van der Waals surface area contributed by atoms with E-state index in [2.05, 4.69) is 35.9 Å². The second-order valence-corrected chi connectivity index (χ2v) is 6.82. The van der Waals surface area contributed by atoms with Crippen molar-refractivity contribution in [1.82, 2.24) is 39.8 Å². The summed E-state index contributed by atoms with van der Waals surface area (Å²) in [7, 11) is 1.37. The molecule has 4 N–H and O–H groups in total. The van der Waals surface area contributed by atoms with Crippen LogP contribution in [0.4, 0.5) is 14.6 Å². The zero-order valence-electron chi connectivity index (χ0n) is 16.3. The van der Waals surface area contributed by atoms with Crippen molar-refractivity contribution in [2.75, 3.05) is 18.9 Å². The van der Waals surface area contributed by atoms with Crippen LogP contribution < -0.4 is 10.6 Å². The molecule has 4 heterocycles. The Morgan fingerprint density at radius 1 is 1.32 bits per heavy atom. The van der Waals surface area contributed by atoms with Gasteiger partial charge in [0.25, 0.3) is 18.3 Å². The van der Waals surface area contributed by atoms with Gasteiger partial charge < -0.3 is 25.6 Å². The van der Waals surface area contributed by atoms with Gasteiger partial charge in [0.15, 0.2) is 29.3 Å². The van der Waals surface area contributed by atoms with Crippen LogP contribution in [0.25, 0.3) is 17.1 Å². The highest BCUT2D eigenvalue weighted by atomic mass is 19.3. The third kappa shape index (κ3) is 3.77. The lowest BCUT2D eigenvalue weighted by Gasteiger charge is -2.17. The van der Waals surface area contributed by atoms with Crippen molar-refractivity contribution in [2.45, 2.75) is 37.9 Å². The number of nitrogens with one attached hydrogen (secondary N) is 2. The maximum Gasteiger partial charge on any atom is 0.256 e. The normalized spacial score (nSPS) is 23.6. The molecular weight excluding hydrogens is 420 g/mol. The van der Waals surface area contributed by atoms with Gasteiger partial charge in [-0.1, -0.05) is 5.21 Å². The number of nitrogens with zero attached hydrogens (tertiary/aromatic N) is 7. The Labute approximate surface area is 173 Å². The molecule has 0 radical (unpaired) electrons. The van der Waals surface area contributed by atoms with E-state index in [0.29, 0.717) is 5.69 Å². The van der Waals surface area contributed by atoms with Gasteiger partial charge in [-0.3, -0.25) is 9.36 Å². The number of amides is 1. The minimum absolute atomic E-state index is 0.00232. The van der Waals surface area contributed by atoms with Gasteiger partial charge in [-0.2, -0.15) is 14.6 Å². The number of alkyl halides is 2. The van der Waals surface area contributed by atoms with Crippen molar-refractivity contribution in [3.05, 3.63) is 18.2 Å². The maximum absolute atomic E-state index is 12.8. The number of rotatable bonds is 6. The topological polar surface area (TPSA) is 165 Å². The molecule has 0 aliphatic carbocycles. The first kappa shape index (κ1) is 21.0. The van der Waals surface area contributed by atoms with Gasteiger partial charge in [-0.05, 0) is 6.92 Å². The SMILES string of the molecule is CNC(=O)[C@H]1O[C@@H](n2cnc3c(NCC(F)F)nc(-n4cc(C)nn4)nc32)[C@H](O)[C@@H]1O. The van der Waals surface area contributed by atoms with Crippen LogP contribution in [0.15, 0.2) is 12.5 Å². The predicted molar refractivity (Wildman–Crippen MR) is 99.5 cm³/mol. The number of halogens is 2. The largest absolute Gasteiger partial charge is 0.387 e. The highest BCUT2D eigenvalue weighted by Crippen LogP contribution is 2.33. The van der Waals surface area contributed by atoms with E-state index in [0.717, 1.165) is 0 Å². The van der Waals surface area contributed by atoms with Gasteiger partial charge in [0, 0.05) is 7.05 Å². The Balaban J connectivity index is 1.80. The van der Waals surface area contributed by atoms with Gasteiger partial charge >= 0.3 is 0 Å². The minimum Gasteiger partial charge on any atom is -0.387 e. The van der Waals surface area contributed by atoms with E-state index < -0.39 is 43.4 Å². The molecule has 13 nitrogen and oxygen atoms in total. The lowest BCUT2D eigenvalue weighted by Crippen LogP contribution is -2.41. The molecule has 1 aliphatic rings. The number of aliphatic hydroxyl groups is 2. The Morgan fingerprint density at radius 2 is 2.10 bits per heavy atom. The number of hydrogen-bond donors (Lipinski definition) is 4. The summed E-state index contributed by atoms with van der Waals surface area (Å²) >= 11 is 0. The van der Waals surface area contributed by atoms with E-state index >= 15 is 0 Å². The van der Waals surface area contributed by atoms with Gasteiger partial charge in [-0.15, -0.1) is 5.10 Å². The van der Waals surface area contributed by atoms with Crippen molar-refractivity contribution >= 4 is 22.9 Å². The van der Waals surface area contributed by atoms with Crippen LogP contribution in [-0.2, 0) is 9.53 Å². The summed E-state index contributed by atoms with van der Waals surface area (Å²) in [5.74, 6) is -0.614. The van der Waals surface area contributed by atoms with E-state index in [1.54, 1.807) is 6.92 Å². The fraction of sp³-hybridized carbons (Fsp3) is 0.500. The summed E-state index contributed by atoms with van der Waals surface area (Å²) in [4.78, 5) is 24.6. The fourth-order valence-electron chi connectivity index (χ4n) is 3.18. The van der Waals surface area contributed by atoms with E-state index in [9.17, 15) is 23.8 Å². The summed E-state index contributed by atoms with van der Waals surface area (Å²) < 4.78 is 33.6. The number of imidazole rings is 1. The van der Waals surface area contributed by atoms with Crippen LogP contribution in [0, 0.1) is 6.92 Å². The van der Waals surface area contributed by atoms with Gasteiger partial charge in [0.2, 0.25) is 0 Å². The summed E-state index contributed by atoms with van der Waals surface area (Å²) in [6.45, 7) is 1.01. The molecule has 1 saturated heterocycles. The molecule has 0 bridgehead atoms. The number of carbonyl (C=O) groups excluding carboxylic acids is 1. The molecule has 15 heteroatoms. The summed E-state index contributed by atoms with van der Waals surface area (Å²) in [6.07, 6.45) is -5.39. The van der Waals surface area contributed by atoms with E-state index in [4.69, 9.17) is 4.74 Å². The van der Waals surface area contributed by atoms with Gasteiger partial charge in [0.1, 0.15) is 12.2 Å². The molecular formula is C16H19F2N9O4. The van der Waals surface area contributed by atoms with Crippen LogP contribution >= 0.6 is 0 Å². The number of anilines is 1. The number of aliphatic hydroxyl groups excluding tert-OH is 2. The second-order valence-electron chi connectivity index (χ2n) is 6.82. The number of ether oxygens (including phenoxy) is 1. The fourth-order valence-corrected chi connectivity index (χ4v) is 3.18. The van der Waals surface area contributed by atoms with Crippen LogP contribution in [-0.4, -0.2) is 89.0 Å². The Bertz CT molecular complexity index is 1100. The second kappa shape index (κ2) is 8.09. The molecule has 1 fully saturated rings. The molecule has 0 unspecified atom stereocenters.